The molecule has 1 aliphatic rings. The number of aryl methyl sites for hydroxylation is 1. The Balaban J connectivity index is 1.70. The molecule has 3 heterocycles. The number of anilines is 2. The predicted octanol–water partition coefficient (Wildman–Crippen LogP) is 1.20. The van der Waals surface area contributed by atoms with Gasteiger partial charge in [0.25, 0.3) is 0 Å². The SMILES string of the molecule is CCCc1cc(N2CCC(NCC(=O)NCCO)CC2)nc2sc(C(=O)O)c(N)c12. The molecule has 10 heteroatoms. The van der Waals surface area contributed by atoms with Crippen LogP contribution in [-0.4, -0.2) is 65.9 Å². The van der Waals surface area contributed by atoms with E-state index >= 15 is 0 Å². The number of piperidine rings is 1. The van der Waals surface area contributed by atoms with Gasteiger partial charge in [0.1, 0.15) is 15.5 Å². The van der Waals surface area contributed by atoms with E-state index in [0.717, 1.165) is 66.9 Å². The van der Waals surface area contributed by atoms with Gasteiger partial charge in [-0.2, -0.15) is 0 Å². The number of aromatic carboxylic acids is 1. The maximum Gasteiger partial charge on any atom is 0.348 e. The smallest absolute Gasteiger partial charge is 0.348 e. The van der Waals surface area contributed by atoms with E-state index in [1.54, 1.807) is 0 Å². The van der Waals surface area contributed by atoms with Crippen LogP contribution in [0.1, 0.15) is 41.4 Å². The minimum atomic E-state index is -1.02. The molecule has 3 rings (SSSR count). The number of hydrogen-bond donors (Lipinski definition) is 5. The molecule has 164 valence electrons. The van der Waals surface area contributed by atoms with Gasteiger partial charge in [-0.05, 0) is 30.9 Å². The third-order valence-electron chi connectivity index (χ3n) is 5.28. The highest BCUT2D eigenvalue weighted by Crippen LogP contribution is 2.37. The third kappa shape index (κ3) is 5.00. The van der Waals surface area contributed by atoms with E-state index in [0.29, 0.717) is 10.5 Å². The molecule has 2 aromatic rings. The lowest BCUT2D eigenvalue weighted by Gasteiger charge is -2.33. The van der Waals surface area contributed by atoms with Crippen LogP contribution in [0.5, 0.6) is 0 Å². The van der Waals surface area contributed by atoms with Crippen LogP contribution < -0.4 is 21.3 Å². The van der Waals surface area contributed by atoms with Gasteiger partial charge in [0.15, 0.2) is 0 Å². The van der Waals surface area contributed by atoms with E-state index in [-0.39, 0.29) is 36.5 Å². The quantitative estimate of drug-likeness (QED) is 0.396. The van der Waals surface area contributed by atoms with Crippen molar-refractivity contribution in [3.8, 4) is 0 Å². The number of aliphatic hydroxyl groups is 1. The Labute approximate surface area is 179 Å². The Morgan fingerprint density at radius 3 is 2.73 bits per heavy atom. The molecule has 0 radical (unpaired) electrons. The lowest BCUT2D eigenvalue weighted by molar-refractivity contribution is -0.120. The first-order valence-corrected chi connectivity index (χ1v) is 11.1. The van der Waals surface area contributed by atoms with Crippen molar-refractivity contribution in [3.05, 3.63) is 16.5 Å². The zero-order chi connectivity index (χ0) is 21.7. The largest absolute Gasteiger partial charge is 0.477 e. The number of fused-ring (bicyclic) bond motifs is 1. The average molecular weight is 436 g/mol. The highest BCUT2D eigenvalue weighted by molar-refractivity contribution is 7.21. The summed E-state index contributed by atoms with van der Waals surface area (Å²) in [4.78, 5) is 30.9. The summed E-state index contributed by atoms with van der Waals surface area (Å²) in [6, 6.07) is 2.28. The lowest BCUT2D eigenvalue weighted by atomic mass is 10.0. The van der Waals surface area contributed by atoms with E-state index in [1.807, 2.05) is 6.07 Å². The normalized spacial score (nSPS) is 14.9. The van der Waals surface area contributed by atoms with Crippen molar-refractivity contribution < 1.29 is 19.8 Å². The van der Waals surface area contributed by atoms with Gasteiger partial charge in [-0.3, -0.25) is 4.79 Å². The summed E-state index contributed by atoms with van der Waals surface area (Å²) < 4.78 is 0. The van der Waals surface area contributed by atoms with Crippen molar-refractivity contribution in [1.29, 1.82) is 0 Å². The number of nitrogens with zero attached hydrogens (tertiary/aromatic N) is 2. The van der Waals surface area contributed by atoms with Crippen LogP contribution in [0.3, 0.4) is 0 Å². The van der Waals surface area contributed by atoms with E-state index in [4.69, 9.17) is 15.8 Å². The second-order valence-corrected chi connectivity index (χ2v) is 8.43. The van der Waals surface area contributed by atoms with Gasteiger partial charge in [-0.1, -0.05) is 13.3 Å². The van der Waals surface area contributed by atoms with Crippen molar-refractivity contribution >= 4 is 44.9 Å². The van der Waals surface area contributed by atoms with Crippen molar-refractivity contribution in [2.45, 2.75) is 38.6 Å². The number of rotatable bonds is 9. The fraction of sp³-hybridized carbons (Fsp3) is 0.550. The molecule has 0 atom stereocenters. The summed E-state index contributed by atoms with van der Waals surface area (Å²) in [5.41, 5.74) is 7.48. The molecule has 0 saturated carbocycles. The summed E-state index contributed by atoms with van der Waals surface area (Å²) in [7, 11) is 0. The topological polar surface area (TPSA) is 141 Å². The van der Waals surface area contributed by atoms with Gasteiger partial charge in [0.05, 0.1) is 18.8 Å². The zero-order valence-corrected chi connectivity index (χ0v) is 17.9. The molecular formula is C20H29N5O4S. The monoisotopic (exact) mass is 435 g/mol. The molecule has 0 unspecified atom stereocenters. The minimum absolute atomic E-state index is 0.0641. The standard InChI is InChI=1S/C20H29N5O4S/c1-2-3-12-10-14(24-19-16(12)17(21)18(30-19)20(28)29)25-7-4-13(5-8-25)23-11-15(27)22-6-9-26/h10,13,23,26H,2-9,11,21H2,1H3,(H,22,27)(H,28,29). The summed E-state index contributed by atoms with van der Waals surface area (Å²) in [6.45, 7) is 4.12. The Bertz CT molecular complexity index is 908. The predicted molar refractivity (Wildman–Crippen MR) is 118 cm³/mol. The number of thiophene rings is 1. The molecule has 1 fully saturated rings. The van der Waals surface area contributed by atoms with Gasteiger partial charge in [-0.15, -0.1) is 11.3 Å². The van der Waals surface area contributed by atoms with E-state index < -0.39 is 5.97 Å². The van der Waals surface area contributed by atoms with Crippen molar-refractivity contribution in [3.63, 3.8) is 0 Å². The second kappa shape index (κ2) is 10.1. The molecule has 1 saturated heterocycles. The fourth-order valence-electron chi connectivity index (χ4n) is 3.78. The molecule has 30 heavy (non-hydrogen) atoms. The van der Waals surface area contributed by atoms with Crippen molar-refractivity contribution in [2.75, 3.05) is 43.4 Å². The van der Waals surface area contributed by atoms with Gasteiger partial charge < -0.3 is 31.5 Å². The molecular weight excluding hydrogens is 406 g/mol. The van der Waals surface area contributed by atoms with Gasteiger partial charge >= 0.3 is 5.97 Å². The number of amides is 1. The van der Waals surface area contributed by atoms with E-state index in [2.05, 4.69) is 22.5 Å². The number of aromatic nitrogens is 1. The Hall–Kier alpha value is -2.43. The van der Waals surface area contributed by atoms with Crippen LogP contribution in [0.2, 0.25) is 0 Å². The number of nitrogens with one attached hydrogen (secondary N) is 2. The van der Waals surface area contributed by atoms with E-state index in [1.165, 1.54) is 0 Å². The first-order valence-electron chi connectivity index (χ1n) is 10.3. The third-order valence-corrected chi connectivity index (χ3v) is 6.37. The van der Waals surface area contributed by atoms with Gasteiger partial charge in [0.2, 0.25) is 5.91 Å². The summed E-state index contributed by atoms with van der Waals surface area (Å²) >= 11 is 1.13. The molecule has 0 bridgehead atoms. The molecule has 1 aliphatic heterocycles. The van der Waals surface area contributed by atoms with E-state index in [9.17, 15) is 14.7 Å². The number of hydrogen-bond acceptors (Lipinski definition) is 8. The van der Waals surface area contributed by atoms with Crippen LogP contribution in [0.25, 0.3) is 10.2 Å². The molecule has 0 aromatic carbocycles. The fourth-order valence-corrected chi connectivity index (χ4v) is 4.75. The first kappa shape index (κ1) is 22.3. The highest BCUT2D eigenvalue weighted by Gasteiger charge is 2.24. The molecule has 9 nitrogen and oxygen atoms in total. The van der Waals surface area contributed by atoms with Crippen molar-refractivity contribution in [2.24, 2.45) is 0 Å². The Morgan fingerprint density at radius 1 is 1.37 bits per heavy atom. The number of pyridine rings is 1. The highest BCUT2D eigenvalue weighted by atomic mass is 32.1. The maximum atomic E-state index is 11.7. The summed E-state index contributed by atoms with van der Waals surface area (Å²) in [6.07, 6.45) is 3.50. The molecule has 1 amide bonds. The Kier molecular flexibility index (Phi) is 7.46. The number of carbonyl (C=O) groups excluding carboxylic acids is 1. The number of carbonyl (C=O) groups is 2. The number of carboxylic acids is 1. The van der Waals surface area contributed by atoms with Gasteiger partial charge in [-0.25, -0.2) is 9.78 Å². The number of carboxylic acid groups (broad SMARTS) is 1. The van der Waals surface area contributed by atoms with Crippen LogP contribution in [0.15, 0.2) is 6.07 Å². The second-order valence-electron chi connectivity index (χ2n) is 7.44. The molecule has 2 aromatic heterocycles. The van der Waals surface area contributed by atoms with Gasteiger partial charge in [0, 0.05) is 31.1 Å². The van der Waals surface area contributed by atoms with Crippen LogP contribution in [-0.2, 0) is 11.2 Å². The molecule has 6 N–H and O–H groups in total. The average Bonchev–Trinajstić information content (AvgIpc) is 3.08. The lowest BCUT2D eigenvalue weighted by Crippen LogP contribution is -2.46. The summed E-state index contributed by atoms with van der Waals surface area (Å²) in [5.74, 6) is -0.287. The van der Waals surface area contributed by atoms with Crippen LogP contribution in [0.4, 0.5) is 11.5 Å². The minimum Gasteiger partial charge on any atom is -0.477 e. The molecule has 0 aliphatic carbocycles. The van der Waals surface area contributed by atoms with Crippen LogP contribution >= 0.6 is 11.3 Å². The molecule has 0 spiro atoms. The van der Waals surface area contributed by atoms with Crippen LogP contribution in [0, 0.1) is 0 Å². The zero-order valence-electron chi connectivity index (χ0n) is 17.1. The summed E-state index contributed by atoms with van der Waals surface area (Å²) in [5, 5.41) is 24.8. The number of nitrogens with two attached hydrogens (primary N) is 1. The number of aliphatic hydroxyl groups excluding tert-OH is 1. The van der Waals surface area contributed by atoms with Crippen molar-refractivity contribution in [1.82, 2.24) is 15.6 Å². The maximum absolute atomic E-state index is 11.7. The Morgan fingerprint density at radius 2 is 2.10 bits per heavy atom. The number of nitrogen functional groups attached to an aromatic ring is 1. The first-order chi connectivity index (χ1) is 14.4.